The number of halogens is 4. The zero-order chi connectivity index (χ0) is 32.6. The molecular weight excluding hydrogens is 607 g/mol. The molecule has 0 aliphatic heterocycles. The number of carbonyl (C=O) groups is 3. The van der Waals surface area contributed by atoms with Crippen LogP contribution in [0, 0.1) is 5.41 Å². The number of rotatable bonds is 12. The second-order valence-electron chi connectivity index (χ2n) is 9.33. The average Bonchev–Trinajstić information content (AvgIpc) is 2.95. The van der Waals surface area contributed by atoms with E-state index in [2.05, 4.69) is 20.9 Å². The lowest BCUT2D eigenvalue weighted by Crippen LogP contribution is -2.37. The fourth-order valence-corrected chi connectivity index (χ4v) is 3.97. The molecule has 0 aliphatic carbocycles. The maximum Gasteiger partial charge on any atom is 0.491 e. The van der Waals surface area contributed by atoms with Crippen molar-refractivity contribution in [2.75, 3.05) is 17.3 Å². The van der Waals surface area contributed by atoms with Gasteiger partial charge in [0.25, 0.3) is 5.91 Å². The van der Waals surface area contributed by atoms with E-state index in [-0.39, 0.29) is 17.6 Å². The van der Waals surface area contributed by atoms with Crippen LogP contribution < -0.4 is 31.4 Å². The molecule has 1 atom stereocenters. The van der Waals surface area contributed by atoms with Crippen molar-refractivity contribution in [1.29, 1.82) is 5.41 Å². The monoisotopic (exact) mass is 635 g/mol. The van der Waals surface area contributed by atoms with Crippen LogP contribution in [0.25, 0.3) is 0 Å². The van der Waals surface area contributed by atoms with E-state index in [1.165, 1.54) is 12.1 Å². The lowest BCUT2D eigenvalue weighted by atomic mass is 10.0. The molecule has 3 aromatic rings. The second kappa shape index (κ2) is 14.5. The molecular formula is C29H29ClF3N5O6. The van der Waals surface area contributed by atoms with Gasteiger partial charge in [-0.25, -0.2) is 9.59 Å². The topological polar surface area (TPSA) is 165 Å². The van der Waals surface area contributed by atoms with Crippen molar-refractivity contribution in [3.05, 3.63) is 82.4 Å². The number of alkyl halides is 3. The zero-order valence-electron chi connectivity index (χ0n) is 23.7. The summed E-state index contributed by atoms with van der Waals surface area (Å²) >= 11 is 6.19. The summed E-state index contributed by atoms with van der Waals surface area (Å²) in [5.74, 6) is -4.27. The van der Waals surface area contributed by atoms with Crippen LogP contribution in [0.15, 0.2) is 60.7 Å². The van der Waals surface area contributed by atoms with Crippen LogP contribution in [0.1, 0.15) is 48.3 Å². The predicted octanol–water partition coefficient (Wildman–Crippen LogP) is 5.35. The number of amidine groups is 1. The van der Waals surface area contributed by atoms with E-state index in [1.54, 1.807) is 49.4 Å². The molecule has 15 heteroatoms. The molecule has 1 amide bonds. The highest BCUT2D eigenvalue weighted by molar-refractivity contribution is 6.36. The predicted molar refractivity (Wildman–Crippen MR) is 157 cm³/mol. The first-order chi connectivity index (χ1) is 20.7. The Morgan fingerprint density at radius 3 is 2.30 bits per heavy atom. The number of benzene rings is 3. The molecule has 0 fully saturated rings. The van der Waals surface area contributed by atoms with Gasteiger partial charge in [0, 0.05) is 11.3 Å². The Bertz CT molecular complexity index is 1530. The maximum absolute atomic E-state index is 13.5. The molecule has 0 radical (unpaired) electrons. The van der Waals surface area contributed by atoms with Gasteiger partial charge in [-0.15, -0.1) is 0 Å². The molecule has 1 unspecified atom stereocenters. The minimum absolute atomic E-state index is 0.0748. The van der Waals surface area contributed by atoms with Crippen LogP contribution in [0.3, 0.4) is 0 Å². The summed E-state index contributed by atoms with van der Waals surface area (Å²) < 4.78 is 53.0. The minimum atomic E-state index is -5.39. The molecule has 234 valence electrons. The number of hydrazine groups is 1. The van der Waals surface area contributed by atoms with Crippen molar-refractivity contribution in [3.63, 3.8) is 0 Å². The largest absolute Gasteiger partial charge is 0.491 e. The van der Waals surface area contributed by atoms with Gasteiger partial charge < -0.3 is 25.3 Å². The molecule has 0 aromatic heterocycles. The van der Waals surface area contributed by atoms with Gasteiger partial charge in [-0.2, -0.15) is 13.2 Å². The average molecular weight is 636 g/mol. The fourth-order valence-electron chi connectivity index (χ4n) is 3.72. The molecule has 0 bridgehead atoms. The Morgan fingerprint density at radius 1 is 1.02 bits per heavy atom. The number of nitrogens with two attached hydrogens (primary N) is 1. The molecule has 0 saturated carbocycles. The first kappa shape index (κ1) is 33.5. The van der Waals surface area contributed by atoms with Crippen molar-refractivity contribution in [2.24, 2.45) is 5.73 Å². The van der Waals surface area contributed by atoms with E-state index in [9.17, 15) is 27.6 Å². The highest BCUT2D eigenvalue weighted by Gasteiger charge is 2.42. The van der Waals surface area contributed by atoms with Gasteiger partial charge in [0.05, 0.1) is 29.0 Å². The van der Waals surface area contributed by atoms with E-state index < -0.39 is 40.7 Å². The third-order valence-electron chi connectivity index (χ3n) is 5.69. The number of hydrogen-bond donors (Lipinski definition) is 5. The summed E-state index contributed by atoms with van der Waals surface area (Å²) in [4.78, 5) is 36.8. The van der Waals surface area contributed by atoms with Gasteiger partial charge in [0.2, 0.25) is 0 Å². The Balaban J connectivity index is 1.90. The van der Waals surface area contributed by atoms with E-state index >= 15 is 0 Å². The van der Waals surface area contributed by atoms with Crippen molar-refractivity contribution in [1.82, 2.24) is 5.43 Å². The van der Waals surface area contributed by atoms with Gasteiger partial charge >= 0.3 is 18.1 Å². The smallest absolute Gasteiger partial charge is 0.490 e. The van der Waals surface area contributed by atoms with Crippen molar-refractivity contribution >= 4 is 46.7 Å². The number of nitrogens with one attached hydrogen (secondary N) is 4. The fraction of sp³-hybridized carbons (Fsp3) is 0.241. The summed E-state index contributed by atoms with van der Waals surface area (Å²) in [5, 5.41) is 10.3. The normalized spacial score (nSPS) is 11.7. The quantitative estimate of drug-likeness (QED) is 0.0580. The third kappa shape index (κ3) is 8.77. The van der Waals surface area contributed by atoms with Crippen LogP contribution in [0.4, 0.5) is 24.5 Å². The number of esters is 2. The number of hydrogen-bond acceptors (Lipinski definition) is 9. The molecule has 0 aliphatic rings. The SMILES string of the molecule is CCOc1cc(C(Nc2ccc(C(=N)N)cc2)C(=O)NNc2cccc(C(=O)OC(=O)C(F)(F)F)c2Cl)ccc1OC(C)C. The number of anilines is 2. The summed E-state index contributed by atoms with van der Waals surface area (Å²) in [6, 6.07) is 13.9. The molecule has 3 rings (SSSR count). The van der Waals surface area contributed by atoms with Crippen LogP contribution in [0.5, 0.6) is 11.5 Å². The van der Waals surface area contributed by atoms with E-state index in [0.29, 0.717) is 34.9 Å². The maximum atomic E-state index is 13.5. The number of amides is 1. The lowest BCUT2D eigenvalue weighted by molar-refractivity contribution is -0.193. The first-order valence-corrected chi connectivity index (χ1v) is 13.4. The molecule has 3 aromatic carbocycles. The summed E-state index contributed by atoms with van der Waals surface area (Å²) in [7, 11) is 0. The van der Waals surface area contributed by atoms with Crippen LogP contribution >= 0.6 is 11.6 Å². The standard InChI is InChI=1S/C29H29ClF3N5O6/c1-4-42-22-14-17(10-13-21(22)43-15(2)3)24(36-18-11-8-16(9-12-18)25(34)35)26(39)38-37-20-7-5-6-19(23(20)30)27(40)44-28(41)29(31,32)33/h5-15,24,36-37H,4H2,1-3H3,(H3,34,35)(H,38,39). The Labute approximate surface area is 255 Å². The zero-order valence-corrected chi connectivity index (χ0v) is 24.4. The minimum Gasteiger partial charge on any atom is -0.490 e. The number of nitrogen functional groups attached to an aromatic ring is 1. The highest BCUT2D eigenvalue weighted by atomic mass is 35.5. The summed E-state index contributed by atoms with van der Waals surface area (Å²) in [6.45, 7) is 5.82. The van der Waals surface area contributed by atoms with E-state index in [4.69, 9.17) is 32.2 Å². The highest BCUT2D eigenvalue weighted by Crippen LogP contribution is 2.33. The van der Waals surface area contributed by atoms with Crippen molar-refractivity contribution in [3.8, 4) is 11.5 Å². The summed E-state index contributed by atoms with van der Waals surface area (Å²) in [6.07, 6.45) is -5.53. The Kier molecular flexibility index (Phi) is 11.0. The van der Waals surface area contributed by atoms with Crippen LogP contribution in [0.2, 0.25) is 5.02 Å². The third-order valence-corrected chi connectivity index (χ3v) is 6.10. The lowest BCUT2D eigenvalue weighted by Gasteiger charge is -2.23. The molecule has 6 N–H and O–H groups in total. The van der Waals surface area contributed by atoms with E-state index in [0.717, 1.165) is 6.07 Å². The second-order valence-corrected chi connectivity index (χ2v) is 9.71. The van der Waals surface area contributed by atoms with Crippen molar-refractivity contribution in [2.45, 2.75) is 39.1 Å². The van der Waals surface area contributed by atoms with Gasteiger partial charge in [0.15, 0.2) is 11.5 Å². The summed E-state index contributed by atoms with van der Waals surface area (Å²) in [5.41, 5.74) is 11.3. The molecule has 0 saturated heterocycles. The number of ether oxygens (including phenoxy) is 3. The van der Waals surface area contributed by atoms with Gasteiger partial charge in [-0.1, -0.05) is 23.7 Å². The van der Waals surface area contributed by atoms with E-state index in [1.807, 2.05) is 13.8 Å². The van der Waals surface area contributed by atoms with Gasteiger partial charge in [-0.3, -0.25) is 21.1 Å². The molecule has 0 spiro atoms. The van der Waals surface area contributed by atoms with Crippen LogP contribution in [-0.4, -0.2) is 42.6 Å². The number of carbonyl (C=O) groups excluding carboxylic acids is 3. The van der Waals surface area contributed by atoms with Crippen LogP contribution in [-0.2, 0) is 14.3 Å². The Morgan fingerprint density at radius 2 is 1.70 bits per heavy atom. The Hall–Kier alpha value is -4.98. The first-order valence-electron chi connectivity index (χ1n) is 13.0. The molecule has 0 heterocycles. The van der Waals surface area contributed by atoms with Gasteiger partial charge in [-0.05, 0) is 74.9 Å². The van der Waals surface area contributed by atoms with Crippen molar-refractivity contribution < 1.29 is 41.8 Å². The van der Waals surface area contributed by atoms with Gasteiger partial charge in [0.1, 0.15) is 11.9 Å². The molecule has 11 nitrogen and oxygen atoms in total. The molecule has 44 heavy (non-hydrogen) atoms.